The molecule has 0 aliphatic heterocycles. The van der Waals surface area contributed by atoms with Crippen molar-refractivity contribution in [2.75, 3.05) is 13.7 Å². The molecule has 1 heterocycles. The van der Waals surface area contributed by atoms with Crippen LogP contribution in [0.3, 0.4) is 0 Å². The summed E-state index contributed by atoms with van der Waals surface area (Å²) in [6.07, 6.45) is 2.13. The van der Waals surface area contributed by atoms with Crippen LogP contribution in [-0.4, -0.2) is 24.6 Å². The van der Waals surface area contributed by atoms with E-state index in [1.165, 1.54) is 7.11 Å². The summed E-state index contributed by atoms with van der Waals surface area (Å²) in [6.45, 7) is 2.16. The molecule has 1 aromatic carbocycles. The van der Waals surface area contributed by atoms with Gasteiger partial charge < -0.3 is 10.5 Å². The molecule has 0 fully saturated rings. The first-order valence-corrected chi connectivity index (χ1v) is 6.88. The van der Waals surface area contributed by atoms with Gasteiger partial charge in [-0.2, -0.15) is 0 Å². The highest BCUT2D eigenvalue weighted by molar-refractivity contribution is 5.84. The van der Waals surface area contributed by atoms with Gasteiger partial charge in [-0.3, -0.25) is 9.78 Å². The van der Waals surface area contributed by atoms with Gasteiger partial charge in [0.05, 0.1) is 7.11 Å². The zero-order chi connectivity index (χ0) is 15.3. The second-order valence-electron chi connectivity index (χ2n) is 5.15. The summed E-state index contributed by atoms with van der Waals surface area (Å²) in [6, 6.07) is 13.4. The summed E-state index contributed by atoms with van der Waals surface area (Å²) in [5.74, 6) is -0.332. The summed E-state index contributed by atoms with van der Waals surface area (Å²) in [7, 11) is 1.39. The van der Waals surface area contributed by atoms with Crippen molar-refractivity contribution in [1.29, 1.82) is 0 Å². The number of hydrogen-bond donors (Lipinski definition) is 1. The molecule has 4 nitrogen and oxygen atoms in total. The third-order valence-electron chi connectivity index (χ3n) is 3.70. The third kappa shape index (κ3) is 3.11. The molecular formula is C17H20N2O2. The first kappa shape index (κ1) is 15.2. The topological polar surface area (TPSA) is 65.2 Å². The molecule has 0 saturated heterocycles. The molecule has 0 aliphatic rings. The van der Waals surface area contributed by atoms with Crippen molar-refractivity contribution >= 4 is 5.97 Å². The summed E-state index contributed by atoms with van der Waals surface area (Å²) in [5, 5.41) is 0. The first-order chi connectivity index (χ1) is 10.1. The standard InChI is InChI=1S/C17H20N2O2/c1-13-6-5-7-14(10-13)17(12-18,16(20)21-2)11-15-8-3-4-9-19-15/h3-10H,11-12,18H2,1-2H3. The average Bonchev–Trinajstić information content (AvgIpc) is 2.53. The number of nitrogens with zero attached hydrogens (tertiary/aromatic N) is 1. The number of benzene rings is 1. The van der Waals surface area contributed by atoms with Gasteiger partial charge >= 0.3 is 5.97 Å². The zero-order valence-corrected chi connectivity index (χ0v) is 12.4. The van der Waals surface area contributed by atoms with Gasteiger partial charge in [0.2, 0.25) is 0 Å². The second kappa shape index (κ2) is 6.50. The van der Waals surface area contributed by atoms with E-state index in [0.29, 0.717) is 6.42 Å². The Kier molecular flexibility index (Phi) is 4.70. The number of carbonyl (C=O) groups excluding carboxylic acids is 1. The fourth-order valence-electron chi connectivity index (χ4n) is 2.52. The van der Waals surface area contributed by atoms with Crippen LogP contribution in [0.2, 0.25) is 0 Å². The Morgan fingerprint density at radius 1 is 1.29 bits per heavy atom. The van der Waals surface area contributed by atoms with E-state index in [9.17, 15) is 4.79 Å². The van der Waals surface area contributed by atoms with Crippen LogP contribution in [0.4, 0.5) is 0 Å². The molecule has 21 heavy (non-hydrogen) atoms. The number of nitrogens with two attached hydrogens (primary N) is 1. The van der Waals surface area contributed by atoms with Crippen molar-refractivity contribution in [3.63, 3.8) is 0 Å². The van der Waals surface area contributed by atoms with Crippen LogP contribution in [0.5, 0.6) is 0 Å². The molecule has 0 saturated carbocycles. The van der Waals surface area contributed by atoms with Crippen molar-refractivity contribution < 1.29 is 9.53 Å². The van der Waals surface area contributed by atoms with E-state index >= 15 is 0 Å². The lowest BCUT2D eigenvalue weighted by Gasteiger charge is -2.30. The van der Waals surface area contributed by atoms with Gasteiger partial charge in [0, 0.05) is 24.9 Å². The van der Waals surface area contributed by atoms with E-state index in [1.54, 1.807) is 6.20 Å². The lowest BCUT2D eigenvalue weighted by Crippen LogP contribution is -2.46. The summed E-state index contributed by atoms with van der Waals surface area (Å²) in [5.41, 5.74) is 7.84. The smallest absolute Gasteiger partial charge is 0.317 e. The Labute approximate surface area is 125 Å². The number of ether oxygens (including phenoxy) is 1. The number of carbonyl (C=O) groups is 1. The van der Waals surface area contributed by atoms with Crippen LogP contribution in [-0.2, 0) is 21.4 Å². The molecule has 0 aliphatic carbocycles. The van der Waals surface area contributed by atoms with E-state index in [1.807, 2.05) is 49.4 Å². The molecule has 1 unspecified atom stereocenters. The molecule has 4 heteroatoms. The largest absolute Gasteiger partial charge is 0.468 e. The van der Waals surface area contributed by atoms with E-state index in [2.05, 4.69) is 4.98 Å². The molecule has 1 atom stereocenters. The van der Waals surface area contributed by atoms with Crippen LogP contribution in [0.15, 0.2) is 48.7 Å². The SMILES string of the molecule is COC(=O)C(CN)(Cc1ccccn1)c1cccc(C)c1. The summed E-state index contributed by atoms with van der Waals surface area (Å²) < 4.78 is 5.03. The normalized spacial score (nSPS) is 13.5. The predicted molar refractivity (Wildman–Crippen MR) is 81.9 cm³/mol. The molecule has 110 valence electrons. The number of aryl methyl sites for hydroxylation is 1. The highest BCUT2D eigenvalue weighted by atomic mass is 16.5. The van der Waals surface area contributed by atoms with Gasteiger partial charge in [0.25, 0.3) is 0 Å². The average molecular weight is 284 g/mol. The number of pyridine rings is 1. The Balaban J connectivity index is 2.50. The maximum Gasteiger partial charge on any atom is 0.317 e. The Morgan fingerprint density at radius 3 is 2.67 bits per heavy atom. The number of aromatic nitrogens is 1. The molecule has 2 N–H and O–H groups in total. The van der Waals surface area contributed by atoms with Crippen molar-refractivity contribution in [1.82, 2.24) is 4.98 Å². The highest BCUT2D eigenvalue weighted by Crippen LogP contribution is 2.29. The van der Waals surface area contributed by atoms with Crippen molar-refractivity contribution in [2.45, 2.75) is 18.8 Å². The first-order valence-electron chi connectivity index (χ1n) is 6.88. The van der Waals surface area contributed by atoms with Gasteiger partial charge in [-0.25, -0.2) is 0 Å². The van der Waals surface area contributed by atoms with E-state index in [4.69, 9.17) is 10.5 Å². The van der Waals surface area contributed by atoms with Crippen molar-refractivity contribution in [2.24, 2.45) is 5.73 Å². The molecule has 2 aromatic rings. The number of rotatable bonds is 5. The Morgan fingerprint density at radius 2 is 2.10 bits per heavy atom. The lowest BCUT2D eigenvalue weighted by molar-refractivity contribution is -0.147. The Bertz CT molecular complexity index is 613. The second-order valence-corrected chi connectivity index (χ2v) is 5.15. The molecule has 0 bridgehead atoms. The highest BCUT2D eigenvalue weighted by Gasteiger charge is 2.40. The van der Waals surface area contributed by atoms with Crippen LogP contribution in [0.1, 0.15) is 16.8 Å². The number of esters is 1. The van der Waals surface area contributed by atoms with Gasteiger partial charge in [0.1, 0.15) is 5.41 Å². The minimum absolute atomic E-state index is 0.166. The van der Waals surface area contributed by atoms with Gasteiger partial charge in [-0.1, -0.05) is 35.9 Å². The van der Waals surface area contributed by atoms with Crippen LogP contribution >= 0.6 is 0 Å². The third-order valence-corrected chi connectivity index (χ3v) is 3.70. The molecular weight excluding hydrogens is 264 g/mol. The molecule has 0 amide bonds. The van der Waals surface area contributed by atoms with E-state index in [-0.39, 0.29) is 12.5 Å². The van der Waals surface area contributed by atoms with Crippen LogP contribution < -0.4 is 5.73 Å². The predicted octanol–water partition coefficient (Wildman–Crippen LogP) is 2.00. The quantitative estimate of drug-likeness (QED) is 0.853. The lowest BCUT2D eigenvalue weighted by atomic mass is 9.76. The Hall–Kier alpha value is -2.20. The fraction of sp³-hybridized carbons (Fsp3) is 0.294. The van der Waals surface area contributed by atoms with E-state index in [0.717, 1.165) is 16.8 Å². The minimum atomic E-state index is -0.908. The monoisotopic (exact) mass is 284 g/mol. The van der Waals surface area contributed by atoms with Gasteiger partial charge in [-0.05, 0) is 24.6 Å². The molecule has 2 rings (SSSR count). The maximum absolute atomic E-state index is 12.5. The van der Waals surface area contributed by atoms with E-state index < -0.39 is 5.41 Å². The van der Waals surface area contributed by atoms with Crippen LogP contribution in [0.25, 0.3) is 0 Å². The number of methoxy groups -OCH3 is 1. The minimum Gasteiger partial charge on any atom is -0.468 e. The van der Waals surface area contributed by atoms with Gasteiger partial charge in [0.15, 0.2) is 0 Å². The van der Waals surface area contributed by atoms with Crippen molar-refractivity contribution in [3.8, 4) is 0 Å². The van der Waals surface area contributed by atoms with Gasteiger partial charge in [-0.15, -0.1) is 0 Å². The van der Waals surface area contributed by atoms with Crippen LogP contribution in [0, 0.1) is 6.92 Å². The zero-order valence-electron chi connectivity index (χ0n) is 12.4. The summed E-state index contributed by atoms with van der Waals surface area (Å²) in [4.78, 5) is 16.8. The number of hydrogen-bond acceptors (Lipinski definition) is 4. The molecule has 0 radical (unpaired) electrons. The maximum atomic E-state index is 12.5. The summed E-state index contributed by atoms with van der Waals surface area (Å²) >= 11 is 0. The molecule has 1 aromatic heterocycles. The fourth-order valence-corrected chi connectivity index (χ4v) is 2.52. The van der Waals surface area contributed by atoms with Crippen molar-refractivity contribution in [3.05, 3.63) is 65.5 Å². The molecule has 0 spiro atoms.